The van der Waals surface area contributed by atoms with Crippen LogP contribution < -0.4 is 9.47 Å². The van der Waals surface area contributed by atoms with E-state index in [9.17, 15) is 18.0 Å². The van der Waals surface area contributed by atoms with Gasteiger partial charge in [0.1, 0.15) is 0 Å². The van der Waals surface area contributed by atoms with Crippen molar-refractivity contribution in [3.63, 3.8) is 0 Å². The lowest BCUT2D eigenvalue weighted by Gasteiger charge is -2.29. The van der Waals surface area contributed by atoms with Crippen molar-refractivity contribution < 1.29 is 27.4 Å². The zero-order valence-corrected chi connectivity index (χ0v) is 24.1. The number of fused-ring (bicyclic) bond motifs is 2. The molecule has 0 radical (unpaired) electrons. The van der Waals surface area contributed by atoms with Crippen LogP contribution in [0.5, 0.6) is 11.5 Å². The smallest absolute Gasteiger partial charge is 0.416 e. The maximum atomic E-state index is 14.3. The molecule has 0 bridgehead atoms. The third kappa shape index (κ3) is 5.76. The predicted molar refractivity (Wildman–Crippen MR) is 163 cm³/mol. The first-order valence-corrected chi connectivity index (χ1v) is 15.1. The molecule has 3 aliphatic rings. The van der Waals surface area contributed by atoms with E-state index in [1.807, 2.05) is 41.3 Å². The van der Waals surface area contributed by atoms with E-state index in [-0.39, 0.29) is 18.7 Å². The van der Waals surface area contributed by atoms with Crippen molar-refractivity contribution in [1.82, 2.24) is 14.8 Å². The summed E-state index contributed by atoms with van der Waals surface area (Å²) < 4.78 is 50.1. The first-order valence-electron chi connectivity index (χ1n) is 15.1. The molecule has 0 spiro atoms. The van der Waals surface area contributed by atoms with Crippen LogP contribution in [0, 0.1) is 0 Å². The molecule has 0 aliphatic carbocycles. The minimum Gasteiger partial charge on any atom is -0.454 e. The first kappa shape index (κ1) is 28.4. The van der Waals surface area contributed by atoms with Gasteiger partial charge in [-0.15, -0.1) is 0 Å². The largest absolute Gasteiger partial charge is 0.454 e. The molecule has 7 rings (SSSR count). The molecule has 1 aromatic heterocycles. The third-order valence-electron chi connectivity index (χ3n) is 8.75. The molecule has 2 saturated heterocycles. The number of benzene rings is 3. The molecule has 3 aromatic carbocycles. The van der Waals surface area contributed by atoms with Crippen LogP contribution in [-0.4, -0.2) is 59.7 Å². The number of pyridine rings is 1. The van der Waals surface area contributed by atoms with Gasteiger partial charge in [0.15, 0.2) is 11.5 Å². The van der Waals surface area contributed by atoms with Gasteiger partial charge in [0.25, 0.3) is 5.91 Å². The number of carbonyl (C=O) groups excluding carboxylic acids is 1. The van der Waals surface area contributed by atoms with E-state index in [0.29, 0.717) is 40.4 Å². The van der Waals surface area contributed by atoms with Gasteiger partial charge in [-0.25, -0.2) is 4.98 Å². The van der Waals surface area contributed by atoms with Gasteiger partial charge in [0, 0.05) is 24.5 Å². The minimum absolute atomic E-state index is 0.0221. The highest BCUT2D eigenvalue weighted by Crippen LogP contribution is 2.37. The van der Waals surface area contributed by atoms with Gasteiger partial charge in [-0.1, -0.05) is 30.3 Å². The summed E-state index contributed by atoms with van der Waals surface area (Å²) in [5.41, 5.74) is 3.58. The molecule has 4 heterocycles. The Bertz CT molecular complexity index is 1730. The summed E-state index contributed by atoms with van der Waals surface area (Å²) in [6, 6.07) is 18.6. The number of hydrogen-bond donors (Lipinski definition) is 0. The molecule has 9 heteroatoms. The van der Waals surface area contributed by atoms with E-state index < -0.39 is 11.7 Å². The number of amides is 1. The van der Waals surface area contributed by atoms with Crippen LogP contribution in [0.2, 0.25) is 0 Å². The summed E-state index contributed by atoms with van der Waals surface area (Å²) >= 11 is 0. The fraction of sp³-hybridized carbons (Fsp3) is 0.314. The second kappa shape index (κ2) is 11.6. The number of ether oxygens (including phenoxy) is 2. The van der Waals surface area contributed by atoms with Gasteiger partial charge in [0.2, 0.25) is 6.79 Å². The lowest BCUT2D eigenvalue weighted by molar-refractivity contribution is -0.137. The summed E-state index contributed by atoms with van der Waals surface area (Å²) in [6.07, 6.45) is 3.43. The average molecular weight is 600 g/mol. The Morgan fingerprint density at radius 1 is 0.864 bits per heavy atom. The molecule has 4 aromatic rings. The molecule has 0 unspecified atom stereocenters. The van der Waals surface area contributed by atoms with Gasteiger partial charge in [-0.3, -0.25) is 4.79 Å². The average Bonchev–Trinajstić information content (AvgIpc) is 3.81. The van der Waals surface area contributed by atoms with Crippen LogP contribution in [0.25, 0.3) is 34.2 Å². The fourth-order valence-corrected chi connectivity index (χ4v) is 6.44. The molecule has 44 heavy (non-hydrogen) atoms. The third-order valence-corrected chi connectivity index (χ3v) is 8.75. The lowest BCUT2D eigenvalue weighted by atomic mass is 9.99. The van der Waals surface area contributed by atoms with E-state index in [0.717, 1.165) is 61.1 Å². The van der Waals surface area contributed by atoms with Crippen molar-refractivity contribution >= 4 is 29.0 Å². The standard InChI is InChI=1S/C35H32F3N3O3/c36-35(37,38)26-10-5-23(6-11-26)7-12-27-20-30(34(42)41-17-3-4-28(41)21-40-15-1-2-16-40)29-18-24(8-13-31(29)39-27)25-9-14-32-33(19-25)44-22-43-32/h5-14,18-20,28H,1-4,15-17,21-22H2/b12-7+/t28-/m0/s1. The molecule has 3 aliphatic heterocycles. The van der Waals surface area contributed by atoms with Crippen molar-refractivity contribution in [2.45, 2.75) is 37.9 Å². The molecule has 226 valence electrons. The van der Waals surface area contributed by atoms with Crippen LogP contribution in [0.15, 0.2) is 66.7 Å². The quantitative estimate of drug-likeness (QED) is 0.230. The Morgan fingerprint density at radius 2 is 1.61 bits per heavy atom. The lowest BCUT2D eigenvalue weighted by Crippen LogP contribution is -2.42. The predicted octanol–water partition coefficient (Wildman–Crippen LogP) is 7.52. The van der Waals surface area contributed by atoms with Crippen molar-refractivity contribution in [2.75, 3.05) is 33.0 Å². The normalized spacial score (nSPS) is 18.6. The van der Waals surface area contributed by atoms with Crippen molar-refractivity contribution in [2.24, 2.45) is 0 Å². The summed E-state index contributed by atoms with van der Waals surface area (Å²) in [7, 11) is 0. The zero-order chi connectivity index (χ0) is 30.3. The molecular formula is C35H32F3N3O3. The van der Waals surface area contributed by atoms with Crippen LogP contribution >= 0.6 is 0 Å². The number of rotatable bonds is 6. The van der Waals surface area contributed by atoms with E-state index in [1.165, 1.54) is 25.0 Å². The van der Waals surface area contributed by atoms with Gasteiger partial charge in [-0.05, 0) is 104 Å². The number of alkyl halides is 3. The van der Waals surface area contributed by atoms with Crippen molar-refractivity contribution in [3.05, 3.63) is 89.1 Å². The highest BCUT2D eigenvalue weighted by molar-refractivity contribution is 6.08. The number of hydrogen-bond acceptors (Lipinski definition) is 5. The summed E-state index contributed by atoms with van der Waals surface area (Å²) in [5.74, 6) is 1.36. The van der Waals surface area contributed by atoms with E-state index >= 15 is 0 Å². The van der Waals surface area contributed by atoms with E-state index in [4.69, 9.17) is 14.5 Å². The molecule has 1 amide bonds. The SMILES string of the molecule is O=C(c1cc(/C=C/c2ccc(C(F)(F)F)cc2)nc2ccc(-c3ccc4c(c3)OCO4)cc12)N1CCC[C@H]1CN1CCCC1. The Kier molecular flexibility index (Phi) is 7.50. The highest BCUT2D eigenvalue weighted by atomic mass is 19.4. The summed E-state index contributed by atoms with van der Waals surface area (Å²) in [4.78, 5) is 23.6. The van der Waals surface area contributed by atoms with Gasteiger partial charge in [-0.2, -0.15) is 13.2 Å². The molecule has 0 N–H and O–H groups in total. The Labute approximate surface area is 253 Å². The molecule has 0 saturated carbocycles. The van der Waals surface area contributed by atoms with Gasteiger partial charge >= 0.3 is 6.18 Å². The van der Waals surface area contributed by atoms with Crippen molar-refractivity contribution in [3.8, 4) is 22.6 Å². The van der Waals surface area contributed by atoms with Gasteiger partial charge in [0.05, 0.1) is 22.3 Å². The van der Waals surface area contributed by atoms with E-state index in [1.54, 1.807) is 18.2 Å². The topological polar surface area (TPSA) is 54.9 Å². The van der Waals surface area contributed by atoms with Crippen LogP contribution in [0.1, 0.15) is 52.9 Å². The zero-order valence-electron chi connectivity index (χ0n) is 24.1. The molecule has 6 nitrogen and oxygen atoms in total. The summed E-state index contributed by atoms with van der Waals surface area (Å²) in [6.45, 7) is 3.94. The number of carbonyl (C=O) groups is 1. The number of likely N-dealkylation sites (tertiary alicyclic amines) is 2. The maximum absolute atomic E-state index is 14.3. The molecule has 1 atom stereocenters. The van der Waals surface area contributed by atoms with Crippen LogP contribution in [0.3, 0.4) is 0 Å². The molecular weight excluding hydrogens is 567 g/mol. The Morgan fingerprint density at radius 3 is 2.41 bits per heavy atom. The van der Waals surface area contributed by atoms with E-state index in [2.05, 4.69) is 4.90 Å². The first-order chi connectivity index (χ1) is 21.3. The second-order valence-electron chi connectivity index (χ2n) is 11.7. The van der Waals surface area contributed by atoms with Gasteiger partial charge < -0.3 is 19.3 Å². The second-order valence-corrected chi connectivity index (χ2v) is 11.7. The highest BCUT2D eigenvalue weighted by Gasteiger charge is 2.33. The van der Waals surface area contributed by atoms with Crippen molar-refractivity contribution in [1.29, 1.82) is 0 Å². The number of halogens is 3. The minimum atomic E-state index is -4.39. The maximum Gasteiger partial charge on any atom is 0.416 e. The Balaban J connectivity index is 1.26. The number of nitrogens with zero attached hydrogens (tertiary/aromatic N) is 3. The van der Waals surface area contributed by atoms with Crippen LogP contribution in [0.4, 0.5) is 13.2 Å². The number of aromatic nitrogens is 1. The Hall–Kier alpha value is -4.37. The fourth-order valence-electron chi connectivity index (χ4n) is 6.44. The summed E-state index contributed by atoms with van der Waals surface area (Å²) in [5, 5.41) is 0.753. The van der Waals surface area contributed by atoms with Crippen LogP contribution in [-0.2, 0) is 6.18 Å². The molecule has 2 fully saturated rings. The monoisotopic (exact) mass is 599 g/mol.